The van der Waals surface area contributed by atoms with Gasteiger partial charge in [-0.1, -0.05) is 30.3 Å². The second-order valence-corrected chi connectivity index (χ2v) is 3.26. The van der Waals surface area contributed by atoms with Crippen LogP contribution in [0.5, 0.6) is 0 Å². The second kappa shape index (κ2) is 3.26. The van der Waals surface area contributed by atoms with Gasteiger partial charge in [-0.2, -0.15) is 0 Å². The molecule has 5 heteroatoms. The van der Waals surface area contributed by atoms with Gasteiger partial charge in [-0.05, 0) is 11.5 Å². The molecule has 2 aromatic rings. The maximum absolute atomic E-state index is 13.2. The molecule has 0 aliphatic heterocycles. The third kappa shape index (κ3) is 1.69. The molecule has 0 aliphatic carbocycles. The molecule has 78 valence electrons. The quantitative estimate of drug-likeness (QED) is 0.504. The van der Waals surface area contributed by atoms with Gasteiger partial charge in [0.25, 0.3) is 0 Å². The normalized spacial score (nSPS) is 12.0. The highest BCUT2D eigenvalue weighted by Crippen LogP contribution is 2.20. The smallest absolute Gasteiger partial charge is 0.445 e. The summed E-state index contributed by atoms with van der Waals surface area (Å²) in [5.41, 5.74) is -0.744. The summed E-state index contributed by atoms with van der Waals surface area (Å²) in [4.78, 5) is 0. The fourth-order valence-electron chi connectivity index (χ4n) is 1.57. The third-order valence-electron chi connectivity index (χ3n) is 2.26. The average molecular weight is 213 g/mol. The summed E-state index contributed by atoms with van der Waals surface area (Å²) in [5.74, 6) is -0.630. The molecular formula is C10H6BF4-. The van der Waals surface area contributed by atoms with Gasteiger partial charge in [0.15, 0.2) is 0 Å². The van der Waals surface area contributed by atoms with Crippen molar-refractivity contribution >= 4 is 23.2 Å². The molecule has 0 amide bonds. The van der Waals surface area contributed by atoms with E-state index in [1.807, 2.05) is 0 Å². The van der Waals surface area contributed by atoms with Crippen LogP contribution in [0.15, 0.2) is 36.4 Å². The lowest BCUT2D eigenvalue weighted by molar-refractivity contribution is 0.501. The lowest BCUT2D eigenvalue weighted by atomic mass is 9.77. The van der Waals surface area contributed by atoms with Crippen LogP contribution in [0.25, 0.3) is 10.8 Å². The van der Waals surface area contributed by atoms with Gasteiger partial charge < -0.3 is 12.9 Å². The van der Waals surface area contributed by atoms with E-state index in [9.17, 15) is 17.3 Å². The minimum atomic E-state index is -5.10. The highest BCUT2D eigenvalue weighted by molar-refractivity contribution is 6.75. The lowest BCUT2D eigenvalue weighted by Crippen LogP contribution is -2.34. The standard InChI is InChI=1S/C10H6BF4/c12-10-6-5-9(11(13,14)15)7-3-1-2-4-8(7)10/h1-6H/q-1. The molecule has 2 aromatic carbocycles. The van der Waals surface area contributed by atoms with Crippen LogP contribution in [-0.2, 0) is 0 Å². The molecule has 0 atom stereocenters. The topological polar surface area (TPSA) is 0 Å². The first-order valence-corrected chi connectivity index (χ1v) is 4.37. The minimum Gasteiger partial charge on any atom is -0.445 e. The number of halogens is 4. The number of hydrogen-bond acceptors (Lipinski definition) is 0. The van der Waals surface area contributed by atoms with Crippen molar-refractivity contribution in [2.45, 2.75) is 0 Å². The largest absolute Gasteiger partial charge is 0.510 e. The Kier molecular flexibility index (Phi) is 2.18. The van der Waals surface area contributed by atoms with Crippen LogP contribution in [-0.4, -0.2) is 6.98 Å². The van der Waals surface area contributed by atoms with E-state index < -0.39 is 18.3 Å². The molecule has 0 unspecified atom stereocenters. The zero-order valence-electron chi connectivity index (χ0n) is 7.55. The monoisotopic (exact) mass is 213 g/mol. The van der Waals surface area contributed by atoms with Gasteiger partial charge in [-0.3, -0.25) is 0 Å². The van der Waals surface area contributed by atoms with Gasteiger partial charge in [-0.15, -0.1) is 5.46 Å². The Hall–Kier alpha value is -1.52. The highest BCUT2D eigenvalue weighted by Gasteiger charge is 2.27. The van der Waals surface area contributed by atoms with Crippen molar-refractivity contribution in [3.63, 3.8) is 0 Å². The van der Waals surface area contributed by atoms with Crippen LogP contribution >= 0.6 is 0 Å². The first-order chi connectivity index (χ1) is 7.00. The molecule has 0 radical (unpaired) electrons. The molecule has 2 rings (SSSR count). The van der Waals surface area contributed by atoms with Gasteiger partial charge >= 0.3 is 6.98 Å². The van der Waals surface area contributed by atoms with Crippen LogP contribution < -0.4 is 5.46 Å². The van der Waals surface area contributed by atoms with Crippen LogP contribution in [0.2, 0.25) is 0 Å². The van der Waals surface area contributed by atoms with E-state index in [1.54, 1.807) is 0 Å². The minimum absolute atomic E-state index is 0.00852. The predicted molar refractivity (Wildman–Crippen MR) is 52.6 cm³/mol. The van der Waals surface area contributed by atoms with E-state index in [4.69, 9.17) is 0 Å². The molecule has 15 heavy (non-hydrogen) atoms. The fourth-order valence-corrected chi connectivity index (χ4v) is 1.57. The maximum atomic E-state index is 13.2. The summed E-state index contributed by atoms with van der Waals surface area (Å²) in [6.07, 6.45) is 0. The third-order valence-corrected chi connectivity index (χ3v) is 2.26. The van der Waals surface area contributed by atoms with Crippen molar-refractivity contribution in [2.24, 2.45) is 0 Å². The SMILES string of the molecule is Fc1ccc([B-](F)(F)F)c2ccccc12. The summed E-state index contributed by atoms with van der Waals surface area (Å²) in [5, 5.41) is -0.0702. The molecule has 0 saturated heterocycles. The Morgan fingerprint density at radius 1 is 0.800 bits per heavy atom. The van der Waals surface area contributed by atoms with Gasteiger partial charge in [0.1, 0.15) is 5.82 Å². The fraction of sp³-hybridized carbons (Fsp3) is 0. The second-order valence-electron chi connectivity index (χ2n) is 3.26. The van der Waals surface area contributed by atoms with Crippen molar-refractivity contribution < 1.29 is 17.3 Å². The lowest BCUT2D eigenvalue weighted by Gasteiger charge is -2.17. The summed E-state index contributed by atoms with van der Waals surface area (Å²) < 4.78 is 51.0. The van der Waals surface area contributed by atoms with Gasteiger partial charge in [0.05, 0.1) is 0 Å². The van der Waals surface area contributed by atoms with Crippen LogP contribution in [0.1, 0.15) is 0 Å². The molecule has 0 bridgehead atoms. The molecule has 0 heterocycles. The van der Waals surface area contributed by atoms with E-state index in [0.29, 0.717) is 0 Å². The van der Waals surface area contributed by atoms with Crippen molar-refractivity contribution in [1.82, 2.24) is 0 Å². The van der Waals surface area contributed by atoms with Crippen LogP contribution in [0.3, 0.4) is 0 Å². The van der Waals surface area contributed by atoms with Gasteiger partial charge in [0.2, 0.25) is 0 Å². The molecule has 0 spiro atoms. The van der Waals surface area contributed by atoms with Gasteiger partial charge in [-0.25, -0.2) is 4.39 Å². The average Bonchev–Trinajstić information content (AvgIpc) is 2.17. The summed E-state index contributed by atoms with van der Waals surface area (Å²) >= 11 is 0. The zero-order chi connectivity index (χ0) is 11.1. The number of hydrogen-bond donors (Lipinski definition) is 0. The molecule has 0 aromatic heterocycles. The van der Waals surface area contributed by atoms with Crippen molar-refractivity contribution in [3.05, 3.63) is 42.2 Å². The Labute approximate surface area is 83.6 Å². The van der Waals surface area contributed by atoms with Crippen molar-refractivity contribution in [2.75, 3.05) is 0 Å². The molecule has 0 saturated carbocycles. The summed E-state index contributed by atoms with van der Waals surface area (Å²) in [6.45, 7) is -5.10. The first kappa shape index (κ1) is 10.0. The Morgan fingerprint density at radius 3 is 2.00 bits per heavy atom. The molecule has 0 aliphatic rings. The van der Waals surface area contributed by atoms with E-state index in [2.05, 4.69) is 0 Å². The Balaban J connectivity index is 2.84. The number of fused-ring (bicyclic) bond motifs is 1. The van der Waals surface area contributed by atoms with Gasteiger partial charge in [0, 0.05) is 5.39 Å². The first-order valence-electron chi connectivity index (χ1n) is 4.37. The van der Waals surface area contributed by atoms with E-state index >= 15 is 0 Å². The predicted octanol–water partition coefficient (Wildman–Crippen LogP) is 3.03. The van der Waals surface area contributed by atoms with E-state index in [-0.39, 0.29) is 10.8 Å². The Bertz CT molecular complexity index is 504. The Morgan fingerprint density at radius 2 is 1.40 bits per heavy atom. The molecular weight excluding hydrogens is 207 g/mol. The van der Waals surface area contributed by atoms with E-state index in [1.165, 1.54) is 24.3 Å². The number of benzene rings is 2. The van der Waals surface area contributed by atoms with Crippen LogP contribution in [0, 0.1) is 5.82 Å². The van der Waals surface area contributed by atoms with Crippen LogP contribution in [0.4, 0.5) is 17.3 Å². The molecule has 0 fully saturated rings. The van der Waals surface area contributed by atoms with Crippen molar-refractivity contribution in [1.29, 1.82) is 0 Å². The summed E-state index contributed by atoms with van der Waals surface area (Å²) in [6, 6.07) is 7.25. The van der Waals surface area contributed by atoms with Crippen molar-refractivity contribution in [3.8, 4) is 0 Å². The highest BCUT2D eigenvalue weighted by atomic mass is 19.4. The van der Waals surface area contributed by atoms with E-state index in [0.717, 1.165) is 12.1 Å². The molecule has 0 N–H and O–H groups in total. The zero-order valence-corrected chi connectivity index (χ0v) is 7.55. The number of rotatable bonds is 1. The molecule has 0 nitrogen and oxygen atoms in total. The maximum Gasteiger partial charge on any atom is 0.510 e. The summed E-state index contributed by atoms with van der Waals surface area (Å²) in [7, 11) is 0.